The Bertz CT molecular complexity index is 624. The van der Waals surface area contributed by atoms with Gasteiger partial charge in [-0.25, -0.2) is 4.39 Å². The number of hydrogen-bond acceptors (Lipinski definition) is 5. The fraction of sp³-hybridized carbons (Fsp3) is 0.722. The molecule has 3 rings (SSSR count). The van der Waals surface area contributed by atoms with Crippen molar-refractivity contribution in [2.24, 2.45) is 5.92 Å². The van der Waals surface area contributed by atoms with Crippen LogP contribution in [0.5, 0.6) is 0 Å². The highest BCUT2D eigenvalue weighted by Gasteiger charge is 2.37. The van der Waals surface area contributed by atoms with Crippen LogP contribution in [0.1, 0.15) is 32.6 Å². The molecule has 6 atom stereocenters. The van der Waals surface area contributed by atoms with Crippen LogP contribution in [0.2, 0.25) is 0 Å². The number of nitrogens with one attached hydrogen (secondary N) is 4. The molecule has 5 unspecified atom stereocenters. The lowest BCUT2D eigenvalue weighted by Gasteiger charge is -2.38. The van der Waals surface area contributed by atoms with E-state index < -0.39 is 6.17 Å². The second-order valence-corrected chi connectivity index (χ2v) is 7.42. The average Bonchev–Trinajstić information content (AvgIpc) is 2.62. The molecule has 0 saturated carbocycles. The SMILES string of the molecule is C[C@@H](NC(=O)CC1=CC2C(C#N)NCCC2NC1=O)C1CCC(F)CN1. The minimum atomic E-state index is -0.824. The van der Waals surface area contributed by atoms with Gasteiger partial charge in [0.05, 0.1) is 12.5 Å². The maximum atomic E-state index is 13.2. The van der Waals surface area contributed by atoms with Crippen LogP contribution in [0.4, 0.5) is 4.39 Å². The van der Waals surface area contributed by atoms with E-state index in [1.165, 1.54) is 0 Å². The molecular weight excluding hydrogens is 337 g/mol. The molecule has 2 saturated heterocycles. The van der Waals surface area contributed by atoms with Crippen molar-refractivity contribution in [3.8, 4) is 6.07 Å². The lowest BCUT2D eigenvalue weighted by Crippen LogP contribution is -2.56. The summed E-state index contributed by atoms with van der Waals surface area (Å²) in [7, 11) is 0. The Hall–Kier alpha value is -1.98. The predicted octanol–water partition coefficient (Wildman–Crippen LogP) is -0.102. The number of halogens is 1. The van der Waals surface area contributed by atoms with Gasteiger partial charge in [-0.05, 0) is 32.7 Å². The molecule has 7 nitrogen and oxygen atoms in total. The highest BCUT2D eigenvalue weighted by molar-refractivity contribution is 5.99. The van der Waals surface area contributed by atoms with Crippen LogP contribution < -0.4 is 21.3 Å². The van der Waals surface area contributed by atoms with Gasteiger partial charge in [-0.1, -0.05) is 6.08 Å². The number of hydrogen-bond donors (Lipinski definition) is 4. The smallest absolute Gasteiger partial charge is 0.247 e. The molecule has 0 bridgehead atoms. The van der Waals surface area contributed by atoms with Crippen molar-refractivity contribution < 1.29 is 14.0 Å². The quantitative estimate of drug-likeness (QED) is 0.558. The molecule has 3 aliphatic heterocycles. The summed E-state index contributed by atoms with van der Waals surface area (Å²) in [5.74, 6) is -0.587. The Morgan fingerprint density at radius 2 is 2.23 bits per heavy atom. The number of alkyl halides is 1. The van der Waals surface area contributed by atoms with Gasteiger partial charge in [0.15, 0.2) is 0 Å². The first kappa shape index (κ1) is 18.8. The zero-order valence-electron chi connectivity index (χ0n) is 14.9. The van der Waals surface area contributed by atoms with E-state index >= 15 is 0 Å². The molecule has 8 heteroatoms. The number of nitriles is 1. The fourth-order valence-electron chi connectivity index (χ4n) is 4.03. The Balaban J connectivity index is 1.58. The maximum Gasteiger partial charge on any atom is 0.247 e. The van der Waals surface area contributed by atoms with E-state index in [2.05, 4.69) is 27.3 Å². The van der Waals surface area contributed by atoms with Crippen molar-refractivity contribution in [1.82, 2.24) is 21.3 Å². The molecule has 0 aromatic carbocycles. The molecule has 0 aromatic rings. The van der Waals surface area contributed by atoms with Crippen LogP contribution in [0.25, 0.3) is 0 Å². The molecule has 2 fully saturated rings. The van der Waals surface area contributed by atoms with E-state index in [-0.39, 0.29) is 48.3 Å². The van der Waals surface area contributed by atoms with Gasteiger partial charge in [-0.15, -0.1) is 0 Å². The Kier molecular flexibility index (Phi) is 5.89. The van der Waals surface area contributed by atoms with Crippen molar-refractivity contribution in [2.75, 3.05) is 13.1 Å². The molecule has 142 valence electrons. The minimum absolute atomic E-state index is 0.0179. The lowest BCUT2D eigenvalue weighted by atomic mass is 9.82. The van der Waals surface area contributed by atoms with Crippen LogP contribution in [0.15, 0.2) is 11.6 Å². The van der Waals surface area contributed by atoms with Crippen molar-refractivity contribution in [3.63, 3.8) is 0 Å². The summed E-state index contributed by atoms with van der Waals surface area (Å²) in [6, 6.07) is 1.71. The maximum absolute atomic E-state index is 13.2. The monoisotopic (exact) mass is 363 g/mol. The van der Waals surface area contributed by atoms with Crippen LogP contribution in [0.3, 0.4) is 0 Å². The van der Waals surface area contributed by atoms with E-state index in [0.717, 1.165) is 6.42 Å². The third kappa shape index (κ3) is 4.22. The zero-order chi connectivity index (χ0) is 18.7. The van der Waals surface area contributed by atoms with Crippen LogP contribution in [0, 0.1) is 17.2 Å². The van der Waals surface area contributed by atoms with E-state index in [9.17, 15) is 19.2 Å². The van der Waals surface area contributed by atoms with Gasteiger partial charge >= 0.3 is 0 Å². The molecule has 3 heterocycles. The van der Waals surface area contributed by atoms with Crippen molar-refractivity contribution in [3.05, 3.63) is 11.6 Å². The summed E-state index contributed by atoms with van der Waals surface area (Å²) in [5, 5.41) is 21.4. The van der Waals surface area contributed by atoms with Crippen LogP contribution in [-0.2, 0) is 9.59 Å². The molecule has 0 spiro atoms. The fourth-order valence-corrected chi connectivity index (χ4v) is 4.03. The largest absolute Gasteiger partial charge is 0.352 e. The number of piperidine rings is 2. The van der Waals surface area contributed by atoms with E-state index in [4.69, 9.17) is 0 Å². The topological polar surface area (TPSA) is 106 Å². The third-order valence-electron chi connectivity index (χ3n) is 5.55. The van der Waals surface area contributed by atoms with Gasteiger partial charge in [-0.2, -0.15) is 5.26 Å². The first-order chi connectivity index (χ1) is 12.5. The van der Waals surface area contributed by atoms with E-state index in [1.54, 1.807) is 6.08 Å². The van der Waals surface area contributed by atoms with Crippen molar-refractivity contribution >= 4 is 11.8 Å². The van der Waals surface area contributed by atoms with Crippen molar-refractivity contribution in [1.29, 1.82) is 5.26 Å². The number of carbonyl (C=O) groups excluding carboxylic acids is 2. The number of carbonyl (C=O) groups is 2. The summed E-state index contributed by atoms with van der Waals surface area (Å²) in [4.78, 5) is 24.7. The second kappa shape index (κ2) is 8.14. The van der Waals surface area contributed by atoms with Gasteiger partial charge in [0, 0.05) is 36.2 Å². The molecule has 4 N–H and O–H groups in total. The third-order valence-corrected chi connectivity index (χ3v) is 5.55. The Morgan fingerprint density at radius 3 is 2.92 bits per heavy atom. The molecule has 0 aromatic heterocycles. The van der Waals surface area contributed by atoms with E-state index in [1.807, 2.05) is 6.92 Å². The molecule has 26 heavy (non-hydrogen) atoms. The zero-order valence-corrected chi connectivity index (χ0v) is 14.9. The Morgan fingerprint density at radius 1 is 1.42 bits per heavy atom. The van der Waals surface area contributed by atoms with E-state index in [0.29, 0.717) is 31.5 Å². The molecular formula is C18H26FN5O2. The average molecular weight is 363 g/mol. The summed E-state index contributed by atoms with van der Waals surface area (Å²) in [6.07, 6.45) is 2.87. The van der Waals surface area contributed by atoms with Crippen LogP contribution >= 0.6 is 0 Å². The van der Waals surface area contributed by atoms with Crippen molar-refractivity contribution in [2.45, 2.75) is 62.9 Å². The number of fused-ring (bicyclic) bond motifs is 1. The minimum Gasteiger partial charge on any atom is -0.352 e. The van der Waals surface area contributed by atoms with Gasteiger partial charge in [0.25, 0.3) is 0 Å². The Labute approximate surface area is 152 Å². The first-order valence-corrected chi connectivity index (χ1v) is 9.29. The summed E-state index contributed by atoms with van der Waals surface area (Å²) in [6.45, 7) is 2.88. The first-order valence-electron chi connectivity index (χ1n) is 9.29. The van der Waals surface area contributed by atoms with Gasteiger partial charge < -0.3 is 21.3 Å². The summed E-state index contributed by atoms with van der Waals surface area (Å²) >= 11 is 0. The highest BCUT2D eigenvalue weighted by Crippen LogP contribution is 2.25. The van der Waals surface area contributed by atoms with Gasteiger partial charge in [0.1, 0.15) is 12.2 Å². The van der Waals surface area contributed by atoms with Gasteiger partial charge in [0.2, 0.25) is 11.8 Å². The number of nitrogens with zero attached hydrogens (tertiary/aromatic N) is 1. The summed E-state index contributed by atoms with van der Waals surface area (Å²) in [5.41, 5.74) is 0.403. The molecule has 3 aliphatic rings. The highest BCUT2D eigenvalue weighted by atomic mass is 19.1. The van der Waals surface area contributed by atoms with Crippen LogP contribution in [-0.4, -0.2) is 55.2 Å². The lowest BCUT2D eigenvalue weighted by molar-refractivity contribution is -0.124. The predicted molar refractivity (Wildman–Crippen MR) is 93.7 cm³/mol. The standard InChI is InChI=1S/C18H26FN5O2/c1-10(14-3-2-12(19)9-22-14)23-17(25)7-11-6-13-15(24-18(11)26)4-5-21-16(13)8-20/h6,10,12-16,21-22H,2-5,7,9H2,1H3,(H,23,25)(H,24,26)/t10-,12?,13?,14?,15?,16?/m1/s1. The summed E-state index contributed by atoms with van der Waals surface area (Å²) < 4.78 is 13.2. The van der Waals surface area contributed by atoms with Gasteiger partial charge in [-0.3, -0.25) is 9.59 Å². The molecule has 2 amide bonds. The number of amides is 2. The molecule has 0 aliphatic carbocycles. The molecule has 0 radical (unpaired) electrons. The normalized spacial score (nSPS) is 35.3. The number of rotatable bonds is 4. The second-order valence-electron chi connectivity index (χ2n) is 7.42.